The molecule has 0 saturated carbocycles. The Morgan fingerprint density at radius 1 is 1.45 bits per heavy atom. The number of Topliss-reactive ketones (excluding diaryl/α,β-unsaturated/α-hetero) is 1. The Bertz CT molecular complexity index is 683. The Morgan fingerprint density at radius 3 is 2.65 bits per heavy atom. The van der Waals surface area contributed by atoms with Gasteiger partial charge in [-0.2, -0.15) is 5.26 Å². The molecule has 1 heterocycles. The van der Waals surface area contributed by atoms with Crippen LogP contribution in [0.1, 0.15) is 25.3 Å². The molecule has 0 spiro atoms. The summed E-state index contributed by atoms with van der Waals surface area (Å²) in [6, 6.07) is 9.10. The van der Waals surface area contributed by atoms with Gasteiger partial charge >= 0.3 is 0 Å². The number of ether oxygens (including phenoxy) is 1. The van der Waals surface area contributed by atoms with Crippen LogP contribution in [-0.2, 0) is 9.53 Å². The molecule has 0 saturated heterocycles. The van der Waals surface area contributed by atoms with Crippen LogP contribution in [0.2, 0.25) is 5.02 Å². The first kappa shape index (κ1) is 14.2. The Kier molecular flexibility index (Phi) is 3.82. The van der Waals surface area contributed by atoms with Gasteiger partial charge in [-0.05, 0) is 25.5 Å². The van der Waals surface area contributed by atoms with E-state index in [9.17, 15) is 10.1 Å². The third kappa shape index (κ3) is 2.28. The molecule has 0 aromatic heterocycles. The molecule has 1 aliphatic heterocycles. The normalized spacial score (nSPS) is 18.6. The van der Waals surface area contributed by atoms with E-state index in [1.807, 2.05) is 6.07 Å². The maximum absolute atomic E-state index is 11.9. The van der Waals surface area contributed by atoms with E-state index in [0.29, 0.717) is 21.9 Å². The molecule has 0 amide bonds. The van der Waals surface area contributed by atoms with Gasteiger partial charge in [0.1, 0.15) is 17.4 Å². The van der Waals surface area contributed by atoms with Crippen molar-refractivity contribution in [3.05, 3.63) is 57.6 Å². The highest BCUT2D eigenvalue weighted by molar-refractivity contribution is 6.31. The van der Waals surface area contributed by atoms with Gasteiger partial charge in [-0.25, -0.2) is 0 Å². The van der Waals surface area contributed by atoms with Gasteiger partial charge < -0.3 is 10.5 Å². The zero-order valence-corrected chi connectivity index (χ0v) is 11.9. The van der Waals surface area contributed by atoms with Crippen molar-refractivity contribution in [2.45, 2.75) is 19.8 Å². The molecule has 1 unspecified atom stereocenters. The highest BCUT2D eigenvalue weighted by atomic mass is 35.5. The van der Waals surface area contributed by atoms with Gasteiger partial charge in [0.2, 0.25) is 5.88 Å². The van der Waals surface area contributed by atoms with Crippen LogP contribution in [-0.4, -0.2) is 5.78 Å². The van der Waals surface area contributed by atoms with E-state index < -0.39 is 5.92 Å². The summed E-state index contributed by atoms with van der Waals surface area (Å²) in [7, 11) is 0. The van der Waals surface area contributed by atoms with Crippen LogP contribution in [0.4, 0.5) is 0 Å². The predicted octanol–water partition coefficient (Wildman–Crippen LogP) is 3.01. The van der Waals surface area contributed by atoms with E-state index >= 15 is 0 Å². The lowest BCUT2D eigenvalue weighted by Gasteiger charge is -2.27. The van der Waals surface area contributed by atoms with E-state index in [2.05, 4.69) is 0 Å². The minimum Gasteiger partial charge on any atom is -0.445 e. The number of rotatable bonds is 2. The lowest BCUT2D eigenvalue weighted by molar-refractivity contribution is -0.114. The largest absolute Gasteiger partial charge is 0.445 e. The van der Waals surface area contributed by atoms with Crippen molar-refractivity contribution < 1.29 is 9.53 Å². The number of carbonyl (C=O) groups excluding carboxylic acids is 1. The number of allylic oxidation sites excluding steroid dienone is 3. The molecule has 5 heteroatoms. The fraction of sp³-hybridized carbons (Fsp3) is 0.200. The van der Waals surface area contributed by atoms with Gasteiger partial charge in [-0.1, -0.05) is 29.8 Å². The van der Waals surface area contributed by atoms with Crippen molar-refractivity contribution in [3.63, 3.8) is 0 Å². The highest BCUT2D eigenvalue weighted by Gasteiger charge is 2.34. The van der Waals surface area contributed by atoms with E-state index in [4.69, 9.17) is 22.1 Å². The van der Waals surface area contributed by atoms with Crippen molar-refractivity contribution >= 4 is 17.4 Å². The third-order valence-corrected chi connectivity index (χ3v) is 3.55. The van der Waals surface area contributed by atoms with Crippen LogP contribution in [0, 0.1) is 11.3 Å². The maximum atomic E-state index is 11.9. The minimum atomic E-state index is -0.583. The molecule has 1 aliphatic rings. The third-order valence-electron chi connectivity index (χ3n) is 3.20. The first-order valence-electron chi connectivity index (χ1n) is 6.01. The van der Waals surface area contributed by atoms with Crippen LogP contribution >= 0.6 is 11.6 Å². The standard InChI is InChI=1S/C15H13ClN2O2/c1-8(19)13-9(2)20-15(18)11(7-17)14(13)10-5-3-4-6-12(10)16/h3-6,14H,18H2,1-2H3. The Hall–Kier alpha value is -2.25. The summed E-state index contributed by atoms with van der Waals surface area (Å²) < 4.78 is 5.31. The summed E-state index contributed by atoms with van der Waals surface area (Å²) >= 11 is 6.20. The monoisotopic (exact) mass is 288 g/mol. The molecule has 0 radical (unpaired) electrons. The van der Waals surface area contributed by atoms with Crippen molar-refractivity contribution in [2.75, 3.05) is 0 Å². The molecule has 1 aromatic carbocycles. The highest BCUT2D eigenvalue weighted by Crippen LogP contribution is 2.41. The Balaban J connectivity index is 2.71. The van der Waals surface area contributed by atoms with Gasteiger partial charge in [0, 0.05) is 10.6 Å². The second-order valence-electron chi connectivity index (χ2n) is 4.47. The average molecular weight is 289 g/mol. The van der Waals surface area contributed by atoms with Crippen molar-refractivity contribution in [2.24, 2.45) is 5.73 Å². The number of ketones is 1. The first-order chi connectivity index (χ1) is 9.47. The number of carbonyl (C=O) groups is 1. The summed E-state index contributed by atoms with van der Waals surface area (Å²) in [5, 5.41) is 9.80. The van der Waals surface area contributed by atoms with Gasteiger partial charge in [0.15, 0.2) is 5.78 Å². The van der Waals surface area contributed by atoms with E-state index in [1.165, 1.54) is 6.92 Å². The topological polar surface area (TPSA) is 76.1 Å². The summed E-state index contributed by atoms with van der Waals surface area (Å²) in [5.74, 6) is -0.341. The molecule has 4 nitrogen and oxygen atoms in total. The smallest absolute Gasteiger partial charge is 0.205 e. The second kappa shape index (κ2) is 5.40. The van der Waals surface area contributed by atoms with Crippen molar-refractivity contribution in [1.82, 2.24) is 0 Å². The lowest BCUT2D eigenvalue weighted by Crippen LogP contribution is -2.23. The number of nitrogens with two attached hydrogens (primary N) is 1. The lowest BCUT2D eigenvalue weighted by atomic mass is 9.81. The molecule has 1 atom stereocenters. The molecule has 0 aliphatic carbocycles. The molecule has 0 fully saturated rings. The Morgan fingerprint density at radius 2 is 2.10 bits per heavy atom. The number of hydrogen-bond acceptors (Lipinski definition) is 4. The van der Waals surface area contributed by atoms with Crippen LogP contribution in [0.5, 0.6) is 0 Å². The average Bonchev–Trinajstić information content (AvgIpc) is 2.38. The first-order valence-corrected chi connectivity index (χ1v) is 6.38. The summed E-state index contributed by atoms with van der Waals surface area (Å²) in [6.07, 6.45) is 0. The molecule has 2 rings (SSSR count). The van der Waals surface area contributed by atoms with Crippen molar-refractivity contribution in [1.29, 1.82) is 5.26 Å². The molecular weight excluding hydrogens is 276 g/mol. The minimum absolute atomic E-state index is 0.0138. The van der Waals surface area contributed by atoms with Gasteiger partial charge in [0.25, 0.3) is 0 Å². The molecule has 102 valence electrons. The maximum Gasteiger partial charge on any atom is 0.205 e. The number of halogens is 1. The van der Waals surface area contributed by atoms with Crippen LogP contribution in [0.15, 0.2) is 47.1 Å². The number of nitrogens with zero attached hydrogens (tertiary/aromatic N) is 1. The van der Waals surface area contributed by atoms with Crippen LogP contribution in [0.25, 0.3) is 0 Å². The molecule has 2 N–H and O–H groups in total. The zero-order chi connectivity index (χ0) is 14.9. The van der Waals surface area contributed by atoms with E-state index in [-0.39, 0.29) is 17.2 Å². The number of hydrogen-bond donors (Lipinski definition) is 1. The van der Waals surface area contributed by atoms with Crippen LogP contribution < -0.4 is 5.73 Å². The number of benzene rings is 1. The fourth-order valence-electron chi connectivity index (χ4n) is 2.36. The predicted molar refractivity (Wildman–Crippen MR) is 75.5 cm³/mol. The number of nitriles is 1. The Labute approximate surface area is 122 Å². The summed E-state index contributed by atoms with van der Waals surface area (Å²) in [6.45, 7) is 3.09. The summed E-state index contributed by atoms with van der Waals surface area (Å²) in [5.41, 5.74) is 7.04. The molecule has 0 bridgehead atoms. The van der Waals surface area contributed by atoms with Crippen LogP contribution in [0.3, 0.4) is 0 Å². The van der Waals surface area contributed by atoms with Crippen molar-refractivity contribution in [3.8, 4) is 6.07 Å². The van der Waals surface area contributed by atoms with E-state index in [1.54, 1.807) is 31.2 Å². The zero-order valence-electron chi connectivity index (χ0n) is 11.1. The quantitative estimate of drug-likeness (QED) is 0.907. The van der Waals surface area contributed by atoms with Gasteiger partial charge in [-0.3, -0.25) is 4.79 Å². The SMILES string of the molecule is CC(=O)C1=C(C)OC(N)=C(C#N)C1c1ccccc1Cl. The van der Waals surface area contributed by atoms with Gasteiger partial charge in [0.05, 0.1) is 5.92 Å². The summed E-state index contributed by atoms with van der Waals surface area (Å²) in [4.78, 5) is 11.9. The van der Waals surface area contributed by atoms with Gasteiger partial charge in [-0.15, -0.1) is 0 Å². The second-order valence-corrected chi connectivity index (χ2v) is 4.88. The molecule has 1 aromatic rings. The molecular formula is C15H13ClN2O2. The fourth-order valence-corrected chi connectivity index (χ4v) is 2.60. The molecule has 20 heavy (non-hydrogen) atoms. The van der Waals surface area contributed by atoms with E-state index in [0.717, 1.165) is 0 Å².